The maximum atomic E-state index is 5.62. The fraction of sp³-hybridized carbons (Fsp3) is 0.453. The summed E-state index contributed by atoms with van der Waals surface area (Å²) >= 11 is 9.89. The SMILES string of the molecule is CCN(CC)c1ccc(-c2nc3c4nc5nc(nc6[nH]c(nc7nc(nc([nH]4)c3nc2-c2cccnc2)-c2nc(SC(C)(C)C)c(SC(C)(C)C)nc2-7)c2nc(SC(C)(C)C)c(SC(C)(C)C)nc62)-c2nc(SC(C)(C)C)c(SC(C)(C)C)nc2-5)c(C)c1. The second-order valence-electron chi connectivity index (χ2n) is 27.5. The van der Waals surface area contributed by atoms with Crippen molar-refractivity contribution in [2.24, 2.45) is 0 Å². The second-order valence-corrected chi connectivity index (χ2v) is 38.4. The van der Waals surface area contributed by atoms with Gasteiger partial charge in [-0.3, -0.25) is 4.98 Å². The number of pyridine rings is 1. The molecule has 0 fully saturated rings. The van der Waals surface area contributed by atoms with E-state index in [-0.39, 0.29) is 51.8 Å². The van der Waals surface area contributed by atoms with Crippen LogP contribution in [0.25, 0.3) is 113 Å². The first-order valence-corrected chi connectivity index (χ1v) is 34.4. The monoisotopic (exact) mass is 1290 g/mol. The first-order valence-electron chi connectivity index (χ1n) is 29.5. The number of hydrogen-bond acceptors (Lipinski definition) is 22. The highest BCUT2D eigenvalue weighted by Crippen LogP contribution is 2.48. The van der Waals surface area contributed by atoms with Crippen LogP contribution in [0.4, 0.5) is 5.69 Å². The van der Waals surface area contributed by atoms with E-state index in [1.165, 1.54) is 0 Å². The van der Waals surface area contributed by atoms with Gasteiger partial charge in [-0.15, -0.1) is 0 Å². The molecular formula is C64H76N18S6. The Bertz CT molecular complexity index is 4410. The number of fused-ring (bicyclic) bond motifs is 20. The van der Waals surface area contributed by atoms with Crippen molar-refractivity contribution in [2.45, 2.75) is 204 Å². The standard InChI is InChI=1S/C64H76N18S6/c1-22-82(23-2)33-26-27-34(31(3)29-33)36-35(32-25-24-28-65-30-32)66-37-38(67-36)46-74-45(37)75-47-39-41(70-55(85-61(10,11)12)53(68-39)83-59(4,5)6)49(77-47)79-51-43-44(73-58(88-64(19,20)21)57(72-43)87-63(16,17)18)52(81-51)80-50-42-40(48(76-46)78-50)69-54(84-60(7,8)9)56(71-42)86-62(13,14)15/h24-30H,22-23H2,1-21H3,(H2,74,75,76,77,78,79,80,81). The maximum absolute atomic E-state index is 5.62. The fourth-order valence-corrected chi connectivity index (χ4v) is 15.4. The number of benzene rings is 1. The molecule has 0 saturated heterocycles. The molecular weight excluding hydrogens is 1210 g/mol. The molecule has 0 amide bonds. The molecule has 2 aliphatic heterocycles. The van der Waals surface area contributed by atoms with Crippen molar-refractivity contribution in [1.29, 1.82) is 0 Å². The Morgan fingerprint density at radius 2 is 0.705 bits per heavy atom. The van der Waals surface area contributed by atoms with Gasteiger partial charge in [-0.25, -0.2) is 69.8 Å². The number of nitrogens with one attached hydrogen (secondary N) is 2. The van der Waals surface area contributed by atoms with Crippen molar-refractivity contribution in [3.8, 4) is 68.6 Å². The summed E-state index contributed by atoms with van der Waals surface area (Å²) in [6.07, 6.45) is 3.57. The van der Waals surface area contributed by atoms with Crippen LogP contribution in [0.2, 0.25) is 0 Å². The summed E-state index contributed by atoms with van der Waals surface area (Å²) in [4.78, 5) is 90.6. The molecule has 0 atom stereocenters. The highest BCUT2D eigenvalue weighted by Gasteiger charge is 2.34. The lowest BCUT2D eigenvalue weighted by molar-refractivity contribution is 0.778. The van der Waals surface area contributed by atoms with E-state index < -0.39 is 0 Å². The van der Waals surface area contributed by atoms with Gasteiger partial charge in [0.25, 0.3) is 0 Å². The van der Waals surface area contributed by atoms with Gasteiger partial charge in [0.05, 0.1) is 11.4 Å². The molecule has 8 bridgehead atoms. The third-order valence-corrected chi connectivity index (χ3v) is 19.8. The van der Waals surface area contributed by atoms with Crippen molar-refractivity contribution in [1.82, 2.24) is 84.7 Å². The number of aryl methyl sites for hydroxylation is 1. The van der Waals surface area contributed by atoms with Crippen molar-refractivity contribution in [3.05, 3.63) is 48.3 Å². The average Bonchev–Trinajstić information content (AvgIpc) is 1.60. The molecule has 0 aliphatic carbocycles. The molecule has 8 aromatic heterocycles. The van der Waals surface area contributed by atoms with Gasteiger partial charge >= 0.3 is 0 Å². The van der Waals surface area contributed by atoms with Crippen LogP contribution < -0.4 is 4.90 Å². The van der Waals surface area contributed by atoms with E-state index in [0.717, 1.165) is 65.6 Å². The minimum absolute atomic E-state index is 0.215. The lowest BCUT2D eigenvalue weighted by Gasteiger charge is -2.22. The van der Waals surface area contributed by atoms with Gasteiger partial charge in [0, 0.05) is 70.8 Å². The molecule has 10 heterocycles. The summed E-state index contributed by atoms with van der Waals surface area (Å²) in [6, 6.07) is 10.4. The van der Waals surface area contributed by atoms with Crippen molar-refractivity contribution >= 4 is 121 Å². The Kier molecular flexibility index (Phi) is 16.8. The van der Waals surface area contributed by atoms with Crippen LogP contribution in [0.3, 0.4) is 0 Å². The largest absolute Gasteiger partial charge is 0.372 e. The minimum Gasteiger partial charge on any atom is -0.372 e. The molecule has 2 N–H and O–H groups in total. The molecule has 2 aliphatic rings. The van der Waals surface area contributed by atoms with Crippen LogP contribution in [0, 0.1) is 6.92 Å². The lowest BCUT2D eigenvalue weighted by atomic mass is 10.00. The van der Waals surface area contributed by atoms with Crippen LogP contribution >= 0.6 is 70.6 Å². The third-order valence-electron chi connectivity index (χ3n) is 12.9. The summed E-state index contributed by atoms with van der Waals surface area (Å²) in [7, 11) is 0. The Morgan fingerprint density at radius 3 is 1.01 bits per heavy atom. The van der Waals surface area contributed by atoms with Crippen LogP contribution in [0.5, 0.6) is 0 Å². The molecule has 0 unspecified atom stereocenters. The first-order chi connectivity index (χ1) is 41.1. The predicted molar refractivity (Wildman–Crippen MR) is 369 cm³/mol. The molecule has 18 nitrogen and oxygen atoms in total. The molecule has 88 heavy (non-hydrogen) atoms. The van der Waals surface area contributed by atoms with Crippen LogP contribution in [0.1, 0.15) is 144 Å². The van der Waals surface area contributed by atoms with Crippen LogP contribution in [-0.4, -0.2) is 126 Å². The second kappa shape index (κ2) is 23.3. The van der Waals surface area contributed by atoms with E-state index in [4.69, 9.17) is 69.8 Å². The van der Waals surface area contributed by atoms with Gasteiger partial charge < -0.3 is 14.9 Å². The quantitative estimate of drug-likeness (QED) is 0.115. The van der Waals surface area contributed by atoms with Crippen molar-refractivity contribution < 1.29 is 0 Å². The fourth-order valence-electron chi connectivity index (χ4n) is 9.60. The molecule has 458 valence electrons. The van der Waals surface area contributed by atoms with E-state index in [0.29, 0.717) is 78.8 Å². The molecule has 11 rings (SSSR count). The lowest BCUT2D eigenvalue weighted by Crippen LogP contribution is -2.21. The molecule has 9 aromatic rings. The van der Waals surface area contributed by atoms with Gasteiger partial charge in [-0.2, -0.15) is 0 Å². The Balaban J connectivity index is 1.34. The third kappa shape index (κ3) is 14.0. The molecule has 24 heteroatoms. The molecule has 1 aromatic carbocycles. The minimum atomic E-state index is -0.227. The highest BCUT2D eigenvalue weighted by molar-refractivity contribution is 8.04. The van der Waals surface area contributed by atoms with Crippen LogP contribution in [0.15, 0.2) is 72.9 Å². The number of aromatic nitrogens is 17. The normalized spacial score (nSPS) is 13.2. The van der Waals surface area contributed by atoms with E-state index in [9.17, 15) is 0 Å². The van der Waals surface area contributed by atoms with Gasteiger partial charge in [0.15, 0.2) is 45.9 Å². The Morgan fingerprint density at radius 1 is 0.375 bits per heavy atom. The number of thioether (sulfide) groups is 6. The molecule has 0 spiro atoms. The smallest absolute Gasteiger partial charge is 0.184 e. The number of anilines is 1. The predicted octanol–water partition coefficient (Wildman–Crippen LogP) is 17.3. The maximum Gasteiger partial charge on any atom is 0.184 e. The summed E-state index contributed by atoms with van der Waals surface area (Å²) < 4.78 is -1.33. The van der Waals surface area contributed by atoms with Crippen LogP contribution in [-0.2, 0) is 0 Å². The number of rotatable bonds is 11. The number of nitrogens with zero attached hydrogens (tertiary/aromatic N) is 16. The highest BCUT2D eigenvalue weighted by atomic mass is 32.2. The zero-order valence-electron chi connectivity index (χ0n) is 54.1. The average molecular weight is 1290 g/mol. The Hall–Kier alpha value is -6.05. The van der Waals surface area contributed by atoms with Gasteiger partial charge in [-0.05, 0) is 50.6 Å². The number of hydrogen-bond donors (Lipinski definition) is 2. The van der Waals surface area contributed by atoms with E-state index in [1.54, 1.807) is 76.8 Å². The van der Waals surface area contributed by atoms with Crippen molar-refractivity contribution in [3.63, 3.8) is 0 Å². The van der Waals surface area contributed by atoms with Gasteiger partial charge in [0.1, 0.15) is 75.0 Å². The first kappa shape index (κ1) is 63.5. The summed E-state index contributed by atoms with van der Waals surface area (Å²) in [5.74, 6) is 1.08. The number of H-pyrrole nitrogens is 2. The van der Waals surface area contributed by atoms with Crippen molar-refractivity contribution in [2.75, 3.05) is 18.0 Å². The topological polar surface area (TPSA) is 228 Å². The zero-order chi connectivity index (χ0) is 63.4. The Labute approximate surface area is 540 Å². The summed E-state index contributed by atoms with van der Waals surface area (Å²) in [5.41, 5.74) is 10.1. The van der Waals surface area contributed by atoms with Gasteiger partial charge in [0.2, 0.25) is 0 Å². The van der Waals surface area contributed by atoms with E-state index in [2.05, 4.69) is 183 Å². The summed E-state index contributed by atoms with van der Waals surface area (Å²) in [5, 5.41) is 4.55. The van der Waals surface area contributed by atoms with E-state index >= 15 is 0 Å². The molecule has 0 saturated carbocycles. The molecule has 0 radical (unpaired) electrons. The number of aromatic amines is 2. The van der Waals surface area contributed by atoms with Gasteiger partial charge in [-0.1, -0.05) is 201 Å². The van der Waals surface area contributed by atoms with E-state index in [1.807, 2.05) is 18.3 Å². The summed E-state index contributed by atoms with van der Waals surface area (Å²) in [6.45, 7) is 47.3. The zero-order valence-corrected chi connectivity index (χ0v) is 59.0.